The highest BCUT2D eigenvalue weighted by Gasteiger charge is 2.51. The third-order valence-electron chi connectivity index (χ3n) is 6.04. The van der Waals surface area contributed by atoms with Crippen LogP contribution in [-0.2, 0) is 18.8 Å². The largest absolute Gasteiger partial charge is 0.494 e. The molecule has 0 spiro atoms. The van der Waals surface area contributed by atoms with E-state index in [0.717, 1.165) is 11.2 Å². The second-order valence-corrected chi connectivity index (χ2v) is 10.4. The molecule has 0 saturated carbocycles. The zero-order chi connectivity index (χ0) is 23.9. The van der Waals surface area contributed by atoms with E-state index in [-0.39, 0.29) is 6.09 Å². The maximum absolute atomic E-state index is 12.4. The van der Waals surface area contributed by atoms with Crippen molar-refractivity contribution in [1.82, 2.24) is 4.90 Å². The van der Waals surface area contributed by atoms with E-state index in [9.17, 15) is 9.59 Å². The summed E-state index contributed by atoms with van der Waals surface area (Å²) in [6.45, 7) is 17.2. The Labute approximate surface area is 191 Å². The van der Waals surface area contributed by atoms with E-state index in [4.69, 9.17) is 18.8 Å². The first-order valence-corrected chi connectivity index (χ1v) is 11.1. The Morgan fingerprint density at radius 2 is 1.56 bits per heavy atom. The second-order valence-electron chi connectivity index (χ2n) is 10.4. The van der Waals surface area contributed by atoms with Gasteiger partial charge in [-0.2, -0.15) is 0 Å². The third-order valence-corrected chi connectivity index (χ3v) is 6.04. The van der Waals surface area contributed by atoms with Crippen LogP contribution < -0.4 is 15.1 Å². The van der Waals surface area contributed by atoms with Crippen molar-refractivity contribution in [3.8, 4) is 5.75 Å². The fourth-order valence-electron chi connectivity index (χ4n) is 3.61. The summed E-state index contributed by atoms with van der Waals surface area (Å²) in [5.41, 5.74) is 0.131. The Balaban J connectivity index is 1.76. The van der Waals surface area contributed by atoms with Crippen LogP contribution in [0, 0.1) is 0 Å². The zero-order valence-electron chi connectivity index (χ0n) is 20.5. The predicted octanol–water partition coefficient (Wildman–Crippen LogP) is 2.97. The number of benzene rings is 1. The van der Waals surface area contributed by atoms with Crippen LogP contribution in [0.2, 0.25) is 0 Å². The molecule has 0 bridgehead atoms. The highest BCUT2D eigenvalue weighted by atomic mass is 16.7. The van der Waals surface area contributed by atoms with Crippen LogP contribution in [0.3, 0.4) is 0 Å². The number of nitrogens with zero attached hydrogens (tertiary/aromatic N) is 2. The summed E-state index contributed by atoms with van der Waals surface area (Å²) in [5.74, 6) is 0.0557. The lowest BCUT2D eigenvalue weighted by Crippen LogP contribution is -2.50. The van der Waals surface area contributed by atoms with Crippen molar-refractivity contribution < 1.29 is 28.4 Å². The predicted molar refractivity (Wildman–Crippen MR) is 123 cm³/mol. The molecular formula is C23H35BN2O6. The van der Waals surface area contributed by atoms with E-state index in [1.807, 2.05) is 60.6 Å². The molecule has 2 aliphatic rings. The van der Waals surface area contributed by atoms with E-state index in [0.29, 0.717) is 31.9 Å². The molecule has 0 unspecified atom stereocenters. The molecule has 2 fully saturated rings. The minimum atomic E-state index is -0.549. The van der Waals surface area contributed by atoms with Crippen molar-refractivity contribution in [1.29, 1.82) is 0 Å². The molecule has 1 aromatic carbocycles. The number of piperazine rings is 1. The lowest BCUT2D eigenvalue weighted by Gasteiger charge is -2.37. The summed E-state index contributed by atoms with van der Waals surface area (Å²) < 4.78 is 23.3. The quantitative estimate of drug-likeness (QED) is 0.401. The smallest absolute Gasteiger partial charge is 0.444 e. The number of carbonyl (C=O) groups excluding carboxylic acids is 2. The van der Waals surface area contributed by atoms with E-state index < -0.39 is 29.9 Å². The minimum Gasteiger partial charge on any atom is -0.444 e. The van der Waals surface area contributed by atoms with Crippen LogP contribution >= 0.6 is 0 Å². The molecule has 2 aliphatic heterocycles. The summed E-state index contributed by atoms with van der Waals surface area (Å²) in [5, 5.41) is 0. The second kappa shape index (κ2) is 8.59. The molecule has 0 radical (unpaired) electrons. The summed E-state index contributed by atoms with van der Waals surface area (Å²) >= 11 is 0. The molecule has 0 atom stereocenters. The number of anilines is 1. The highest BCUT2D eigenvalue weighted by molar-refractivity contribution is 6.62. The lowest BCUT2D eigenvalue weighted by atomic mass is 9.79. The van der Waals surface area contributed by atoms with Gasteiger partial charge in [0.2, 0.25) is 0 Å². The molecule has 0 aliphatic carbocycles. The van der Waals surface area contributed by atoms with Crippen molar-refractivity contribution >= 4 is 30.3 Å². The topological polar surface area (TPSA) is 77.5 Å². The SMILES string of the molecule is CC(=O)Oc1cc(B2OC(C)(C)C(C)(C)O2)ccc1N1CCN(C(=O)OC(C)(C)C)CC1. The Kier molecular flexibility index (Phi) is 6.55. The number of ether oxygens (including phenoxy) is 2. The summed E-state index contributed by atoms with van der Waals surface area (Å²) in [7, 11) is -0.549. The van der Waals surface area contributed by atoms with Gasteiger partial charge < -0.3 is 28.6 Å². The number of hydrogen-bond acceptors (Lipinski definition) is 7. The number of rotatable bonds is 3. The van der Waals surface area contributed by atoms with Crippen molar-refractivity contribution in [3.63, 3.8) is 0 Å². The normalized spacial score (nSPS) is 20.3. The fourth-order valence-corrected chi connectivity index (χ4v) is 3.61. The maximum atomic E-state index is 12.4. The van der Waals surface area contributed by atoms with Crippen molar-refractivity contribution in [2.75, 3.05) is 31.1 Å². The van der Waals surface area contributed by atoms with Gasteiger partial charge in [-0.25, -0.2) is 4.79 Å². The molecule has 32 heavy (non-hydrogen) atoms. The van der Waals surface area contributed by atoms with Gasteiger partial charge in [-0.3, -0.25) is 4.79 Å². The Bertz CT molecular complexity index is 856. The van der Waals surface area contributed by atoms with Crippen molar-refractivity contribution in [3.05, 3.63) is 18.2 Å². The highest BCUT2D eigenvalue weighted by Crippen LogP contribution is 2.37. The van der Waals surface area contributed by atoms with Crippen LogP contribution in [0.5, 0.6) is 5.75 Å². The van der Waals surface area contributed by atoms with Gasteiger partial charge in [0, 0.05) is 33.1 Å². The van der Waals surface area contributed by atoms with E-state index in [1.54, 1.807) is 11.0 Å². The fraction of sp³-hybridized carbons (Fsp3) is 0.652. The Morgan fingerprint density at radius 1 is 1.00 bits per heavy atom. The molecule has 1 aromatic rings. The van der Waals surface area contributed by atoms with Gasteiger partial charge in [-0.05, 0) is 66.1 Å². The van der Waals surface area contributed by atoms with Gasteiger partial charge >= 0.3 is 19.2 Å². The van der Waals surface area contributed by atoms with Crippen molar-refractivity contribution in [2.24, 2.45) is 0 Å². The van der Waals surface area contributed by atoms with Gasteiger partial charge in [-0.1, -0.05) is 6.07 Å². The molecule has 2 heterocycles. The van der Waals surface area contributed by atoms with Crippen LogP contribution in [0.15, 0.2) is 18.2 Å². The molecule has 1 amide bonds. The number of hydrogen-bond donors (Lipinski definition) is 0. The van der Waals surface area contributed by atoms with Gasteiger partial charge in [-0.15, -0.1) is 0 Å². The van der Waals surface area contributed by atoms with Gasteiger partial charge in [0.25, 0.3) is 0 Å². The molecule has 3 rings (SSSR count). The average molecular weight is 446 g/mol. The van der Waals surface area contributed by atoms with Gasteiger partial charge in [0.15, 0.2) is 5.75 Å². The third kappa shape index (κ3) is 5.38. The molecule has 0 N–H and O–H groups in total. The average Bonchev–Trinajstić information content (AvgIpc) is 2.87. The maximum Gasteiger partial charge on any atom is 0.494 e. The first-order valence-electron chi connectivity index (χ1n) is 11.1. The monoisotopic (exact) mass is 446 g/mol. The van der Waals surface area contributed by atoms with E-state index in [1.165, 1.54) is 6.92 Å². The molecule has 8 nitrogen and oxygen atoms in total. The lowest BCUT2D eigenvalue weighted by molar-refractivity contribution is -0.131. The summed E-state index contributed by atoms with van der Waals surface area (Å²) in [6.07, 6.45) is -0.312. The van der Waals surface area contributed by atoms with Crippen molar-refractivity contribution in [2.45, 2.75) is 72.2 Å². The number of amides is 1. The minimum absolute atomic E-state index is 0.312. The zero-order valence-corrected chi connectivity index (χ0v) is 20.5. The number of carbonyl (C=O) groups is 2. The van der Waals surface area contributed by atoms with Gasteiger partial charge in [0.1, 0.15) is 5.60 Å². The Hall–Kier alpha value is -2.26. The Morgan fingerprint density at radius 3 is 2.06 bits per heavy atom. The van der Waals surface area contributed by atoms with Crippen LogP contribution in [0.1, 0.15) is 55.4 Å². The first kappa shape index (κ1) is 24.4. The van der Waals surface area contributed by atoms with Gasteiger partial charge in [0.05, 0.1) is 16.9 Å². The molecule has 9 heteroatoms. The van der Waals surface area contributed by atoms with Crippen LogP contribution in [0.25, 0.3) is 0 Å². The first-order chi connectivity index (χ1) is 14.7. The van der Waals surface area contributed by atoms with E-state index in [2.05, 4.69) is 4.90 Å². The number of esters is 1. The summed E-state index contributed by atoms with van der Waals surface area (Å²) in [6, 6.07) is 5.66. The van der Waals surface area contributed by atoms with Crippen LogP contribution in [0.4, 0.5) is 10.5 Å². The standard InChI is InChI=1S/C23H35BN2O6/c1-16(27)29-19-15-17(24-31-22(5,6)23(7,8)32-24)9-10-18(19)25-11-13-26(14-12-25)20(28)30-21(2,3)4/h9-10,15H,11-14H2,1-8H3. The summed E-state index contributed by atoms with van der Waals surface area (Å²) in [4.78, 5) is 27.9. The molecule has 0 aromatic heterocycles. The molecule has 176 valence electrons. The van der Waals surface area contributed by atoms with E-state index >= 15 is 0 Å². The molecule has 2 saturated heterocycles. The molecular weight excluding hydrogens is 411 g/mol. The van der Waals surface area contributed by atoms with Crippen LogP contribution in [-0.4, -0.2) is 67.1 Å².